The van der Waals surface area contributed by atoms with Gasteiger partial charge in [0.05, 0.1) is 11.7 Å². The van der Waals surface area contributed by atoms with E-state index in [1.54, 1.807) is 19.3 Å². The smallest absolute Gasteiger partial charge is 0.146 e. The lowest BCUT2D eigenvalue weighted by atomic mass is 10.0. The molecule has 0 aliphatic rings. The van der Waals surface area contributed by atoms with E-state index in [0.717, 1.165) is 5.56 Å². The molecule has 94 valence electrons. The number of halogens is 2. The molecule has 0 radical (unpaired) electrons. The number of rotatable bonds is 4. The molecular weight excluding hydrogens is 251 g/mol. The Morgan fingerprint density at radius 1 is 1.28 bits per heavy atom. The Morgan fingerprint density at radius 2 is 2.06 bits per heavy atom. The fourth-order valence-electron chi connectivity index (χ4n) is 1.87. The highest BCUT2D eigenvalue weighted by atomic mass is 35.5. The molecule has 1 aromatic carbocycles. The molecule has 1 heterocycles. The van der Waals surface area contributed by atoms with Gasteiger partial charge in [0.25, 0.3) is 0 Å². The zero-order chi connectivity index (χ0) is 13.0. The Morgan fingerprint density at radius 3 is 2.72 bits per heavy atom. The molecule has 0 saturated carbocycles. The molecule has 0 spiro atoms. The maximum absolute atomic E-state index is 13.7. The van der Waals surface area contributed by atoms with Crippen LogP contribution in [0, 0.1) is 5.82 Å². The Kier molecular flexibility index (Phi) is 4.28. The average Bonchev–Trinajstić information content (AvgIpc) is 2.39. The average molecular weight is 265 g/mol. The summed E-state index contributed by atoms with van der Waals surface area (Å²) >= 11 is 6.11. The number of aromatic nitrogens is 1. The third-order valence-corrected chi connectivity index (χ3v) is 3.22. The maximum Gasteiger partial charge on any atom is 0.146 e. The van der Waals surface area contributed by atoms with E-state index < -0.39 is 0 Å². The van der Waals surface area contributed by atoms with Crippen LogP contribution < -0.4 is 5.32 Å². The van der Waals surface area contributed by atoms with Crippen LogP contribution >= 0.6 is 11.6 Å². The van der Waals surface area contributed by atoms with Gasteiger partial charge in [-0.3, -0.25) is 4.98 Å². The van der Waals surface area contributed by atoms with E-state index in [-0.39, 0.29) is 11.9 Å². The molecule has 1 N–H and O–H groups in total. The Balaban J connectivity index is 2.26. The largest absolute Gasteiger partial charge is 0.311 e. The summed E-state index contributed by atoms with van der Waals surface area (Å²) in [7, 11) is 1.79. The molecule has 2 aromatic rings. The molecule has 4 heteroatoms. The zero-order valence-corrected chi connectivity index (χ0v) is 10.8. The van der Waals surface area contributed by atoms with E-state index in [9.17, 15) is 4.39 Å². The van der Waals surface area contributed by atoms with Crippen LogP contribution in [0.1, 0.15) is 17.3 Å². The molecule has 1 unspecified atom stereocenters. The van der Waals surface area contributed by atoms with Crippen LogP contribution in [0.2, 0.25) is 5.02 Å². The van der Waals surface area contributed by atoms with Crippen molar-refractivity contribution in [1.29, 1.82) is 0 Å². The first-order valence-electron chi connectivity index (χ1n) is 5.73. The molecule has 0 bridgehead atoms. The lowest BCUT2D eigenvalue weighted by Crippen LogP contribution is -2.21. The van der Waals surface area contributed by atoms with Gasteiger partial charge in [-0.05, 0) is 37.2 Å². The van der Waals surface area contributed by atoms with Crippen LogP contribution in [0.15, 0.2) is 42.6 Å². The molecule has 0 amide bonds. The van der Waals surface area contributed by atoms with Gasteiger partial charge in [0.2, 0.25) is 0 Å². The second-order valence-corrected chi connectivity index (χ2v) is 4.41. The van der Waals surface area contributed by atoms with Crippen molar-refractivity contribution in [3.63, 3.8) is 0 Å². The summed E-state index contributed by atoms with van der Waals surface area (Å²) in [5.41, 5.74) is 1.39. The van der Waals surface area contributed by atoms with Gasteiger partial charge >= 0.3 is 0 Å². The molecule has 2 rings (SSSR count). The van der Waals surface area contributed by atoms with E-state index in [1.165, 1.54) is 6.07 Å². The van der Waals surface area contributed by atoms with Crippen molar-refractivity contribution in [2.75, 3.05) is 7.05 Å². The van der Waals surface area contributed by atoms with E-state index in [1.807, 2.05) is 24.3 Å². The summed E-state index contributed by atoms with van der Waals surface area (Å²) in [5.74, 6) is -0.302. The summed E-state index contributed by atoms with van der Waals surface area (Å²) in [6, 6.07) is 10.4. The van der Waals surface area contributed by atoms with Crippen LogP contribution in [0.25, 0.3) is 0 Å². The lowest BCUT2D eigenvalue weighted by Gasteiger charge is -2.16. The van der Waals surface area contributed by atoms with E-state index in [4.69, 9.17) is 11.6 Å². The molecule has 0 aliphatic heterocycles. The number of pyridine rings is 1. The fraction of sp³-hybridized carbons (Fsp3) is 0.214. The number of likely N-dealkylation sites (N-methyl/N-ethyl adjacent to an activating group) is 1. The van der Waals surface area contributed by atoms with Crippen molar-refractivity contribution in [1.82, 2.24) is 10.3 Å². The number of benzene rings is 1. The van der Waals surface area contributed by atoms with Crippen molar-refractivity contribution in [3.05, 3.63) is 64.7 Å². The monoisotopic (exact) mass is 264 g/mol. The molecule has 0 fully saturated rings. The molecular formula is C14H14ClFN2. The minimum absolute atomic E-state index is 0.189. The predicted octanol–water partition coefficient (Wildman–Crippen LogP) is 3.38. The van der Waals surface area contributed by atoms with Gasteiger partial charge in [-0.2, -0.15) is 0 Å². The van der Waals surface area contributed by atoms with Crippen molar-refractivity contribution in [2.24, 2.45) is 0 Å². The summed E-state index contributed by atoms with van der Waals surface area (Å²) in [6.45, 7) is 0. The van der Waals surface area contributed by atoms with E-state index in [0.29, 0.717) is 17.1 Å². The van der Waals surface area contributed by atoms with Crippen LogP contribution in [0.3, 0.4) is 0 Å². The van der Waals surface area contributed by atoms with Crippen LogP contribution in [-0.2, 0) is 6.42 Å². The minimum atomic E-state index is -0.302. The first-order chi connectivity index (χ1) is 8.72. The van der Waals surface area contributed by atoms with Crippen LogP contribution in [0.4, 0.5) is 4.39 Å². The highest BCUT2D eigenvalue weighted by Crippen LogP contribution is 2.23. The third kappa shape index (κ3) is 2.86. The molecule has 0 saturated heterocycles. The first-order valence-corrected chi connectivity index (χ1v) is 6.11. The summed E-state index contributed by atoms with van der Waals surface area (Å²) < 4.78 is 13.7. The van der Waals surface area contributed by atoms with Gasteiger partial charge in [-0.15, -0.1) is 0 Å². The van der Waals surface area contributed by atoms with Gasteiger partial charge in [0, 0.05) is 11.2 Å². The topological polar surface area (TPSA) is 24.9 Å². The number of hydrogen-bond acceptors (Lipinski definition) is 2. The molecule has 1 atom stereocenters. The standard InChI is InChI=1S/C14H14ClFN2/c1-17-13(14-12(16)7-4-8-18-14)9-10-5-2-3-6-11(10)15/h2-8,13,17H,9H2,1H3. The Labute approximate surface area is 111 Å². The highest BCUT2D eigenvalue weighted by molar-refractivity contribution is 6.31. The molecule has 0 aliphatic carbocycles. The zero-order valence-electron chi connectivity index (χ0n) is 10.0. The van der Waals surface area contributed by atoms with Crippen molar-refractivity contribution < 1.29 is 4.39 Å². The van der Waals surface area contributed by atoms with Crippen LogP contribution in [-0.4, -0.2) is 12.0 Å². The van der Waals surface area contributed by atoms with Crippen molar-refractivity contribution >= 4 is 11.6 Å². The van der Waals surface area contributed by atoms with Gasteiger partial charge in [-0.25, -0.2) is 4.39 Å². The summed E-state index contributed by atoms with van der Waals surface area (Å²) in [5, 5.41) is 3.76. The fourth-order valence-corrected chi connectivity index (χ4v) is 2.09. The van der Waals surface area contributed by atoms with Crippen molar-refractivity contribution in [2.45, 2.75) is 12.5 Å². The molecule has 18 heavy (non-hydrogen) atoms. The molecule has 2 nitrogen and oxygen atoms in total. The van der Waals surface area contributed by atoms with Gasteiger partial charge < -0.3 is 5.32 Å². The highest BCUT2D eigenvalue weighted by Gasteiger charge is 2.16. The van der Waals surface area contributed by atoms with E-state index >= 15 is 0 Å². The van der Waals surface area contributed by atoms with E-state index in [2.05, 4.69) is 10.3 Å². The third-order valence-electron chi connectivity index (χ3n) is 2.85. The van der Waals surface area contributed by atoms with Gasteiger partial charge in [0.15, 0.2) is 0 Å². The Hall–Kier alpha value is -1.45. The van der Waals surface area contributed by atoms with Crippen LogP contribution in [0.5, 0.6) is 0 Å². The second kappa shape index (κ2) is 5.94. The maximum atomic E-state index is 13.7. The first kappa shape index (κ1) is 13.0. The second-order valence-electron chi connectivity index (χ2n) is 4.01. The predicted molar refractivity (Wildman–Crippen MR) is 71.2 cm³/mol. The van der Waals surface area contributed by atoms with Gasteiger partial charge in [0.1, 0.15) is 5.82 Å². The van der Waals surface area contributed by atoms with Gasteiger partial charge in [-0.1, -0.05) is 29.8 Å². The minimum Gasteiger partial charge on any atom is -0.311 e. The molecule has 1 aromatic heterocycles. The number of nitrogens with one attached hydrogen (secondary N) is 1. The number of nitrogens with zero attached hydrogens (tertiary/aromatic N) is 1. The lowest BCUT2D eigenvalue weighted by molar-refractivity contribution is 0.517. The summed E-state index contributed by atoms with van der Waals surface area (Å²) in [4.78, 5) is 4.09. The number of hydrogen-bond donors (Lipinski definition) is 1. The Bertz CT molecular complexity index is 531. The quantitative estimate of drug-likeness (QED) is 0.916. The summed E-state index contributed by atoms with van der Waals surface area (Å²) in [6.07, 6.45) is 2.19. The SMILES string of the molecule is CNC(Cc1ccccc1Cl)c1ncccc1F. The van der Waals surface area contributed by atoms with Crippen molar-refractivity contribution in [3.8, 4) is 0 Å². The normalized spacial score (nSPS) is 12.4.